The minimum absolute atomic E-state index is 0.202. The zero-order valence-corrected chi connectivity index (χ0v) is 7.25. The van der Waals surface area contributed by atoms with Gasteiger partial charge in [0.05, 0.1) is 6.04 Å². The number of hydrogen-bond acceptors (Lipinski definition) is 3. The van der Waals surface area contributed by atoms with E-state index in [4.69, 9.17) is 11.6 Å². The first-order valence-electron chi connectivity index (χ1n) is 3.42. The molecule has 1 unspecified atom stereocenters. The highest BCUT2D eigenvalue weighted by Crippen LogP contribution is 2.15. The van der Waals surface area contributed by atoms with Crippen LogP contribution in [-0.4, -0.2) is 11.1 Å². The fourth-order valence-electron chi connectivity index (χ4n) is 0.788. The van der Waals surface area contributed by atoms with E-state index in [-0.39, 0.29) is 6.04 Å². The molecule has 0 saturated heterocycles. The fourth-order valence-corrected chi connectivity index (χ4v) is 0.900. The third-order valence-electron chi connectivity index (χ3n) is 1.48. The standard InChI is InChI=1S/C8H7ClN2O/c1-6(11-5-12)7-2-3-8(9)10-4-7/h2-4,6H,1H3. The van der Waals surface area contributed by atoms with Crippen LogP contribution in [0.5, 0.6) is 0 Å². The lowest BCUT2D eigenvalue weighted by Crippen LogP contribution is -1.89. The summed E-state index contributed by atoms with van der Waals surface area (Å²) in [5, 5.41) is 0.432. The predicted octanol–water partition coefficient (Wildman–Crippen LogP) is 2.13. The molecule has 0 amide bonds. The van der Waals surface area contributed by atoms with Crippen molar-refractivity contribution in [2.45, 2.75) is 13.0 Å². The van der Waals surface area contributed by atoms with Crippen LogP contribution in [0, 0.1) is 0 Å². The second-order valence-electron chi connectivity index (χ2n) is 2.31. The largest absolute Gasteiger partial charge is 0.244 e. The van der Waals surface area contributed by atoms with E-state index in [0.29, 0.717) is 5.15 Å². The van der Waals surface area contributed by atoms with Gasteiger partial charge in [0.2, 0.25) is 6.08 Å². The minimum atomic E-state index is -0.202. The monoisotopic (exact) mass is 182 g/mol. The second-order valence-corrected chi connectivity index (χ2v) is 2.70. The lowest BCUT2D eigenvalue weighted by molar-refractivity contribution is 0.559. The minimum Gasteiger partial charge on any atom is -0.244 e. The summed E-state index contributed by atoms with van der Waals surface area (Å²) in [6.45, 7) is 1.79. The molecule has 0 aliphatic heterocycles. The van der Waals surface area contributed by atoms with Crippen LogP contribution in [0.25, 0.3) is 0 Å². The van der Waals surface area contributed by atoms with E-state index in [0.717, 1.165) is 5.56 Å². The van der Waals surface area contributed by atoms with Crippen molar-refractivity contribution in [3.8, 4) is 0 Å². The maximum atomic E-state index is 9.92. The van der Waals surface area contributed by atoms with Gasteiger partial charge in [-0.2, -0.15) is 4.99 Å². The van der Waals surface area contributed by atoms with Crippen molar-refractivity contribution in [3.05, 3.63) is 29.0 Å². The number of pyridine rings is 1. The van der Waals surface area contributed by atoms with Crippen molar-refractivity contribution in [1.82, 2.24) is 4.98 Å². The molecule has 1 atom stereocenters. The number of nitrogens with zero attached hydrogens (tertiary/aromatic N) is 2. The molecule has 0 fully saturated rings. The number of aromatic nitrogens is 1. The second kappa shape index (κ2) is 4.00. The molecule has 1 heterocycles. The molecule has 0 radical (unpaired) electrons. The van der Waals surface area contributed by atoms with E-state index < -0.39 is 0 Å². The molecule has 1 aromatic heterocycles. The lowest BCUT2D eigenvalue weighted by Gasteiger charge is -2.01. The van der Waals surface area contributed by atoms with Crippen LogP contribution in [0.4, 0.5) is 0 Å². The Kier molecular flexibility index (Phi) is 2.97. The van der Waals surface area contributed by atoms with Gasteiger partial charge in [-0.15, -0.1) is 0 Å². The molecule has 0 aliphatic carbocycles. The van der Waals surface area contributed by atoms with Crippen LogP contribution >= 0.6 is 11.6 Å². The smallest absolute Gasteiger partial charge is 0.235 e. The van der Waals surface area contributed by atoms with Crippen LogP contribution in [0.3, 0.4) is 0 Å². The van der Waals surface area contributed by atoms with E-state index in [2.05, 4.69) is 9.98 Å². The van der Waals surface area contributed by atoms with Crippen molar-refractivity contribution >= 4 is 17.7 Å². The van der Waals surface area contributed by atoms with Crippen molar-refractivity contribution in [3.63, 3.8) is 0 Å². The average Bonchev–Trinajstić information content (AvgIpc) is 2.06. The van der Waals surface area contributed by atoms with Crippen LogP contribution in [0.1, 0.15) is 18.5 Å². The molecule has 0 aliphatic rings. The van der Waals surface area contributed by atoms with Gasteiger partial charge in [-0.05, 0) is 18.6 Å². The van der Waals surface area contributed by atoms with Gasteiger partial charge >= 0.3 is 0 Å². The molecule has 0 saturated carbocycles. The average molecular weight is 183 g/mol. The zero-order valence-electron chi connectivity index (χ0n) is 6.49. The number of halogens is 1. The number of aliphatic imine (C=N–C) groups is 1. The van der Waals surface area contributed by atoms with E-state index in [1.807, 2.05) is 0 Å². The Morgan fingerprint density at radius 2 is 2.42 bits per heavy atom. The highest BCUT2D eigenvalue weighted by Gasteiger charge is 2.02. The molecular weight excluding hydrogens is 176 g/mol. The maximum Gasteiger partial charge on any atom is 0.235 e. The maximum absolute atomic E-state index is 9.92. The van der Waals surface area contributed by atoms with E-state index >= 15 is 0 Å². The van der Waals surface area contributed by atoms with Crippen molar-refractivity contribution in [2.24, 2.45) is 4.99 Å². The molecule has 3 nitrogen and oxygen atoms in total. The molecule has 0 bridgehead atoms. The topological polar surface area (TPSA) is 42.3 Å². The summed E-state index contributed by atoms with van der Waals surface area (Å²) in [6, 6.07) is 3.24. The van der Waals surface area contributed by atoms with E-state index in [9.17, 15) is 4.79 Å². The summed E-state index contributed by atoms with van der Waals surface area (Å²) in [5.74, 6) is 0. The van der Waals surface area contributed by atoms with Gasteiger partial charge in [-0.3, -0.25) is 0 Å². The fraction of sp³-hybridized carbons (Fsp3) is 0.250. The van der Waals surface area contributed by atoms with Gasteiger partial charge in [0.1, 0.15) is 5.15 Å². The number of hydrogen-bond donors (Lipinski definition) is 0. The summed E-state index contributed by atoms with van der Waals surface area (Å²) >= 11 is 5.57. The highest BCUT2D eigenvalue weighted by atomic mass is 35.5. The summed E-state index contributed by atoms with van der Waals surface area (Å²) in [5.41, 5.74) is 0.850. The highest BCUT2D eigenvalue weighted by molar-refractivity contribution is 6.29. The van der Waals surface area contributed by atoms with Crippen LogP contribution in [0.2, 0.25) is 5.15 Å². The quantitative estimate of drug-likeness (QED) is 0.400. The Hall–Kier alpha value is -1.18. The third kappa shape index (κ3) is 2.16. The van der Waals surface area contributed by atoms with Gasteiger partial charge < -0.3 is 0 Å². The number of rotatable bonds is 2. The molecule has 12 heavy (non-hydrogen) atoms. The Balaban J connectivity index is 2.89. The van der Waals surface area contributed by atoms with Gasteiger partial charge in [-0.1, -0.05) is 17.7 Å². The summed E-state index contributed by atoms with van der Waals surface area (Å²) in [4.78, 5) is 17.3. The molecule has 62 valence electrons. The van der Waals surface area contributed by atoms with Crippen molar-refractivity contribution in [2.75, 3.05) is 0 Å². The van der Waals surface area contributed by atoms with Gasteiger partial charge in [0, 0.05) is 6.20 Å². The predicted molar refractivity (Wildman–Crippen MR) is 45.8 cm³/mol. The SMILES string of the molecule is CC(N=C=O)c1ccc(Cl)nc1. The van der Waals surface area contributed by atoms with Crippen molar-refractivity contribution in [1.29, 1.82) is 0 Å². The summed E-state index contributed by atoms with van der Waals surface area (Å²) in [7, 11) is 0. The molecule has 0 N–H and O–H groups in total. The molecule has 0 spiro atoms. The first-order chi connectivity index (χ1) is 5.74. The molecular formula is C8H7ClN2O. The van der Waals surface area contributed by atoms with Crippen molar-refractivity contribution < 1.29 is 4.79 Å². The van der Waals surface area contributed by atoms with Crippen LogP contribution < -0.4 is 0 Å². The number of carbonyl (C=O) groups excluding carboxylic acids is 1. The molecule has 0 aromatic carbocycles. The third-order valence-corrected chi connectivity index (χ3v) is 1.70. The molecule has 1 aromatic rings. The van der Waals surface area contributed by atoms with Gasteiger partial charge in [0.25, 0.3) is 0 Å². The Morgan fingerprint density at radius 3 is 2.92 bits per heavy atom. The van der Waals surface area contributed by atoms with Crippen LogP contribution in [-0.2, 0) is 4.79 Å². The molecule has 4 heteroatoms. The van der Waals surface area contributed by atoms with Gasteiger partial charge in [0.15, 0.2) is 0 Å². The Bertz CT molecular complexity index is 303. The first-order valence-corrected chi connectivity index (χ1v) is 3.80. The normalized spacial score (nSPS) is 11.8. The Morgan fingerprint density at radius 1 is 1.67 bits per heavy atom. The van der Waals surface area contributed by atoms with Gasteiger partial charge in [-0.25, -0.2) is 9.78 Å². The van der Waals surface area contributed by atoms with Crippen LogP contribution in [0.15, 0.2) is 23.3 Å². The Labute approximate surface area is 75.1 Å². The number of isocyanates is 1. The first kappa shape index (κ1) is 8.91. The molecule has 1 rings (SSSR count). The van der Waals surface area contributed by atoms with E-state index in [1.54, 1.807) is 25.3 Å². The zero-order chi connectivity index (χ0) is 8.97. The summed E-state index contributed by atoms with van der Waals surface area (Å²) < 4.78 is 0. The lowest BCUT2D eigenvalue weighted by atomic mass is 10.2. The van der Waals surface area contributed by atoms with E-state index in [1.165, 1.54) is 6.08 Å². The summed E-state index contributed by atoms with van der Waals surface area (Å²) in [6.07, 6.45) is 3.09.